The number of aromatic nitrogens is 2. The van der Waals surface area contributed by atoms with Crippen LogP contribution in [0, 0.1) is 29.6 Å². The van der Waals surface area contributed by atoms with Crippen LogP contribution in [0.25, 0.3) is 0 Å². The molecule has 1 N–H and O–H groups in total. The van der Waals surface area contributed by atoms with Crippen LogP contribution in [0.15, 0.2) is 42.5 Å². The summed E-state index contributed by atoms with van der Waals surface area (Å²) in [5, 5.41) is 0. The molecule has 6 bridgehead atoms. The van der Waals surface area contributed by atoms with Gasteiger partial charge in [-0.3, -0.25) is 0 Å². The molecule has 0 saturated heterocycles. The Hall–Kier alpha value is -2.40. The van der Waals surface area contributed by atoms with Crippen molar-refractivity contribution in [2.75, 3.05) is 0 Å². The van der Waals surface area contributed by atoms with Crippen LogP contribution in [0.4, 0.5) is 0 Å². The predicted octanol–water partition coefficient (Wildman–Crippen LogP) is 5.93. The second kappa shape index (κ2) is 8.08. The van der Waals surface area contributed by atoms with Crippen LogP contribution in [0.5, 0.6) is 0 Å². The van der Waals surface area contributed by atoms with Crippen molar-refractivity contribution in [3.8, 4) is 0 Å². The van der Waals surface area contributed by atoms with Gasteiger partial charge in [0.05, 0.1) is 17.9 Å². The van der Waals surface area contributed by atoms with Crippen molar-refractivity contribution >= 4 is 5.97 Å². The van der Waals surface area contributed by atoms with Gasteiger partial charge < -0.3 is 14.5 Å². The molecule has 3 atom stereocenters. The van der Waals surface area contributed by atoms with E-state index in [0.717, 1.165) is 41.3 Å². The van der Waals surface area contributed by atoms with Crippen LogP contribution in [-0.4, -0.2) is 21.5 Å². The number of rotatable bonds is 7. The van der Waals surface area contributed by atoms with Crippen LogP contribution in [0.3, 0.4) is 0 Å². The standard InChI is InChI=1S/C29H34N2O3/c32-28(33-16-18-4-2-1-3-5-18)26-25(30-27(31-26)24-12-19-6-7-23(24)11-19)17-34-29-13-20-8-21(14-29)10-22(9-20)15-29/h1-7,19-24H,8-17H2,(H,30,31)/t19?,20?,21?,22?,23-,24-,29?/m1/s1. The fourth-order valence-electron chi connectivity index (χ4n) is 8.20. The van der Waals surface area contributed by atoms with Gasteiger partial charge in [-0.2, -0.15) is 0 Å². The Morgan fingerprint density at radius 3 is 2.32 bits per heavy atom. The van der Waals surface area contributed by atoms with Crippen molar-refractivity contribution in [3.63, 3.8) is 0 Å². The van der Waals surface area contributed by atoms with E-state index in [4.69, 9.17) is 14.5 Å². The summed E-state index contributed by atoms with van der Waals surface area (Å²) < 4.78 is 12.4. The van der Waals surface area contributed by atoms with Gasteiger partial charge in [0.2, 0.25) is 0 Å². The number of carbonyl (C=O) groups is 1. The molecule has 1 heterocycles. The molecule has 0 aliphatic heterocycles. The van der Waals surface area contributed by atoms with E-state index < -0.39 is 0 Å². The molecule has 2 aromatic rings. The number of H-pyrrole nitrogens is 1. The van der Waals surface area contributed by atoms with E-state index in [0.29, 0.717) is 30.1 Å². The minimum atomic E-state index is -0.353. The van der Waals surface area contributed by atoms with E-state index in [2.05, 4.69) is 17.1 Å². The summed E-state index contributed by atoms with van der Waals surface area (Å²) in [6.07, 6.45) is 14.7. The number of carbonyl (C=O) groups excluding carboxylic acids is 1. The molecule has 5 heteroatoms. The van der Waals surface area contributed by atoms with Crippen molar-refractivity contribution < 1.29 is 14.3 Å². The molecule has 5 nitrogen and oxygen atoms in total. The first-order valence-corrected chi connectivity index (χ1v) is 13.2. The van der Waals surface area contributed by atoms with E-state index in [9.17, 15) is 4.79 Å². The number of allylic oxidation sites excluding steroid dienone is 2. The molecule has 5 saturated carbocycles. The molecular formula is C29H34N2O3. The number of hydrogen-bond donors (Lipinski definition) is 1. The Balaban J connectivity index is 1.12. The van der Waals surface area contributed by atoms with Crippen LogP contribution < -0.4 is 0 Å². The zero-order valence-corrected chi connectivity index (χ0v) is 19.7. The highest BCUT2D eigenvalue weighted by atomic mass is 16.5. The van der Waals surface area contributed by atoms with Gasteiger partial charge in [0.25, 0.3) is 0 Å². The van der Waals surface area contributed by atoms with E-state index in [1.807, 2.05) is 30.3 Å². The van der Waals surface area contributed by atoms with Crippen molar-refractivity contribution in [3.05, 3.63) is 65.3 Å². The summed E-state index contributed by atoms with van der Waals surface area (Å²) in [4.78, 5) is 21.6. The van der Waals surface area contributed by atoms with Gasteiger partial charge in [-0.25, -0.2) is 9.78 Å². The summed E-state index contributed by atoms with van der Waals surface area (Å²) >= 11 is 0. The Kier molecular flexibility index (Phi) is 4.97. The highest BCUT2D eigenvalue weighted by molar-refractivity contribution is 5.88. The lowest BCUT2D eigenvalue weighted by Crippen LogP contribution is -2.51. The quantitative estimate of drug-likeness (QED) is 0.412. The molecule has 1 unspecified atom stereocenters. The second-order valence-corrected chi connectivity index (χ2v) is 11.8. The lowest BCUT2D eigenvalue weighted by molar-refractivity contribution is -0.169. The average Bonchev–Trinajstić information content (AvgIpc) is 3.57. The van der Waals surface area contributed by atoms with Crippen LogP contribution >= 0.6 is 0 Å². The first-order valence-electron chi connectivity index (χ1n) is 13.2. The van der Waals surface area contributed by atoms with E-state index in [-0.39, 0.29) is 18.2 Å². The largest absolute Gasteiger partial charge is 0.456 e. The third kappa shape index (κ3) is 3.73. The fraction of sp³-hybridized carbons (Fsp3) is 0.586. The predicted molar refractivity (Wildman–Crippen MR) is 128 cm³/mol. The Labute approximate surface area is 201 Å². The molecule has 1 aromatic heterocycles. The molecule has 0 spiro atoms. The normalized spacial score (nSPS) is 36.9. The van der Waals surface area contributed by atoms with Gasteiger partial charge in [-0.05, 0) is 86.5 Å². The summed E-state index contributed by atoms with van der Waals surface area (Å²) in [5.74, 6) is 4.63. The van der Waals surface area contributed by atoms with Gasteiger partial charge in [-0.1, -0.05) is 42.5 Å². The number of benzene rings is 1. The number of esters is 1. The average molecular weight is 459 g/mol. The van der Waals surface area contributed by atoms with Gasteiger partial charge in [0.15, 0.2) is 5.69 Å². The summed E-state index contributed by atoms with van der Waals surface area (Å²) in [5.41, 5.74) is 2.20. The van der Waals surface area contributed by atoms with Crippen molar-refractivity contribution in [2.24, 2.45) is 29.6 Å². The number of ether oxygens (including phenoxy) is 2. The molecule has 34 heavy (non-hydrogen) atoms. The van der Waals surface area contributed by atoms with Crippen molar-refractivity contribution in [2.45, 2.75) is 76.1 Å². The first kappa shape index (κ1) is 20.9. The number of imidazole rings is 1. The number of aromatic amines is 1. The van der Waals surface area contributed by atoms with Gasteiger partial charge in [0, 0.05) is 5.92 Å². The first-order chi connectivity index (χ1) is 16.6. The third-order valence-electron chi connectivity index (χ3n) is 9.34. The van der Waals surface area contributed by atoms with E-state index in [1.165, 1.54) is 44.9 Å². The second-order valence-electron chi connectivity index (χ2n) is 11.8. The minimum Gasteiger partial charge on any atom is -0.456 e. The number of hydrogen-bond acceptors (Lipinski definition) is 4. The summed E-state index contributed by atoms with van der Waals surface area (Å²) in [7, 11) is 0. The van der Waals surface area contributed by atoms with Crippen molar-refractivity contribution in [1.29, 1.82) is 0 Å². The number of nitrogens with one attached hydrogen (secondary N) is 1. The molecule has 0 radical (unpaired) electrons. The van der Waals surface area contributed by atoms with Gasteiger partial charge in [0.1, 0.15) is 12.4 Å². The molecule has 6 aliphatic rings. The SMILES string of the molecule is O=C(OCc1ccccc1)c1nc([C@@H]2CC3C=C[C@@H]2C3)[nH]c1COC12CC3CC(CC(C3)C1)C2. The monoisotopic (exact) mass is 458 g/mol. The highest BCUT2D eigenvalue weighted by Gasteiger charge is 2.52. The zero-order valence-electron chi connectivity index (χ0n) is 19.7. The molecule has 0 amide bonds. The molecule has 8 rings (SSSR count). The lowest BCUT2D eigenvalue weighted by Gasteiger charge is -2.56. The van der Waals surface area contributed by atoms with Crippen molar-refractivity contribution in [1.82, 2.24) is 9.97 Å². The molecule has 6 aliphatic carbocycles. The zero-order chi connectivity index (χ0) is 22.7. The molecular weight excluding hydrogens is 424 g/mol. The van der Waals surface area contributed by atoms with Crippen LogP contribution in [-0.2, 0) is 22.7 Å². The van der Waals surface area contributed by atoms with Crippen LogP contribution in [0.2, 0.25) is 0 Å². The third-order valence-corrected chi connectivity index (χ3v) is 9.34. The van der Waals surface area contributed by atoms with Gasteiger partial charge >= 0.3 is 5.97 Å². The van der Waals surface area contributed by atoms with Gasteiger partial charge in [-0.15, -0.1) is 0 Å². The Bertz CT molecular complexity index is 1070. The smallest absolute Gasteiger partial charge is 0.359 e. The maximum absolute atomic E-state index is 13.2. The van der Waals surface area contributed by atoms with E-state index in [1.54, 1.807) is 0 Å². The van der Waals surface area contributed by atoms with E-state index >= 15 is 0 Å². The lowest BCUT2D eigenvalue weighted by atomic mass is 9.54. The minimum absolute atomic E-state index is 0.000398. The Morgan fingerprint density at radius 1 is 0.941 bits per heavy atom. The summed E-state index contributed by atoms with van der Waals surface area (Å²) in [6.45, 7) is 0.680. The maximum Gasteiger partial charge on any atom is 0.359 e. The Morgan fingerprint density at radius 2 is 1.68 bits per heavy atom. The maximum atomic E-state index is 13.2. The number of fused-ring (bicyclic) bond motifs is 2. The molecule has 1 aromatic carbocycles. The van der Waals surface area contributed by atoms with Crippen LogP contribution in [0.1, 0.15) is 84.9 Å². The highest BCUT2D eigenvalue weighted by Crippen LogP contribution is 2.57. The summed E-state index contributed by atoms with van der Waals surface area (Å²) in [6, 6.07) is 9.84. The fourth-order valence-corrected chi connectivity index (χ4v) is 8.20. The molecule has 5 fully saturated rings. The molecule has 178 valence electrons. The number of nitrogens with zero attached hydrogens (tertiary/aromatic N) is 1. The topological polar surface area (TPSA) is 64.2 Å².